The molecule has 2 aromatic heterocycles. The molecule has 0 bridgehead atoms. The Morgan fingerprint density at radius 2 is 1.71 bits per heavy atom. The zero-order valence-corrected chi connectivity index (χ0v) is 22.7. The summed E-state index contributed by atoms with van der Waals surface area (Å²) in [7, 11) is -2.08. The topological polar surface area (TPSA) is 112 Å². The highest BCUT2D eigenvalue weighted by Gasteiger charge is 2.24. The molecule has 0 amide bonds. The van der Waals surface area contributed by atoms with Crippen LogP contribution in [0.25, 0.3) is 27.6 Å². The average molecular weight is 551 g/mol. The summed E-state index contributed by atoms with van der Waals surface area (Å²) < 4.78 is 36.5. The molecule has 0 aliphatic carbocycles. The fourth-order valence-electron chi connectivity index (χ4n) is 4.28. The van der Waals surface area contributed by atoms with Crippen LogP contribution in [-0.2, 0) is 15.9 Å². The molecule has 10 nitrogen and oxygen atoms in total. The first-order valence-corrected chi connectivity index (χ1v) is 14.4. The molecular weight excluding hydrogens is 524 g/mol. The largest absolute Gasteiger partial charge is 0.495 e. The van der Waals surface area contributed by atoms with E-state index in [0.29, 0.717) is 45.9 Å². The van der Waals surface area contributed by atoms with Gasteiger partial charge >= 0.3 is 0 Å². The van der Waals surface area contributed by atoms with Crippen molar-refractivity contribution in [3.8, 4) is 11.4 Å². The number of nitrogens with zero attached hydrogens (tertiary/aromatic N) is 6. The van der Waals surface area contributed by atoms with E-state index in [2.05, 4.69) is 10.3 Å². The van der Waals surface area contributed by atoms with Crippen molar-refractivity contribution in [2.75, 3.05) is 20.2 Å². The van der Waals surface area contributed by atoms with Gasteiger partial charge in [-0.1, -0.05) is 55.1 Å². The number of hydrogen-bond acceptors (Lipinski definition) is 8. The lowest BCUT2D eigenvalue weighted by Gasteiger charge is -2.18. The molecule has 5 rings (SSSR count). The van der Waals surface area contributed by atoms with Crippen molar-refractivity contribution in [2.24, 2.45) is 0 Å². The predicted octanol–water partition coefficient (Wildman–Crippen LogP) is 3.92. The van der Waals surface area contributed by atoms with E-state index in [0.717, 1.165) is 5.69 Å². The van der Waals surface area contributed by atoms with Crippen molar-refractivity contribution in [3.05, 3.63) is 77.1 Å². The number of fused-ring (bicyclic) bond motifs is 2. The number of para-hydroxylation sites is 2. The van der Waals surface area contributed by atoms with Gasteiger partial charge in [-0.3, -0.25) is 9.36 Å². The van der Waals surface area contributed by atoms with Crippen LogP contribution in [0, 0.1) is 0 Å². The van der Waals surface area contributed by atoms with Crippen molar-refractivity contribution >= 4 is 43.7 Å². The van der Waals surface area contributed by atoms with E-state index in [9.17, 15) is 13.2 Å². The summed E-state index contributed by atoms with van der Waals surface area (Å²) in [4.78, 5) is 17.9. The van der Waals surface area contributed by atoms with Crippen LogP contribution in [-0.4, -0.2) is 57.5 Å². The van der Waals surface area contributed by atoms with Crippen LogP contribution in [0.4, 0.5) is 0 Å². The van der Waals surface area contributed by atoms with Crippen LogP contribution < -0.4 is 10.3 Å². The maximum absolute atomic E-state index is 13.2. The van der Waals surface area contributed by atoms with E-state index in [1.165, 1.54) is 20.7 Å². The number of imidazole rings is 1. The first kappa shape index (κ1) is 25.9. The van der Waals surface area contributed by atoms with E-state index in [1.54, 1.807) is 49.6 Å². The van der Waals surface area contributed by atoms with Gasteiger partial charge in [0.15, 0.2) is 5.16 Å². The second-order valence-electron chi connectivity index (χ2n) is 8.33. The average Bonchev–Trinajstić information content (AvgIpc) is 3.30. The SMILES string of the molecule is CCN(CC)S(=O)(=O)c1ccc2c(c1)nc(SCn1nnc3ccccc3c1=O)n2-c1ccccc1OC. The van der Waals surface area contributed by atoms with Crippen molar-refractivity contribution in [2.45, 2.75) is 29.8 Å². The molecule has 0 N–H and O–H groups in total. The zero-order chi connectivity index (χ0) is 26.9. The number of ether oxygens (including phenoxy) is 1. The Bertz CT molecular complexity index is 1800. The molecule has 0 saturated carbocycles. The van der Waals surface area contributed by atoms with E-state index in [-0.39, 0.29) is 16.3 Å². The van der Waals surface area contributed by atoms with Gasteiger partial charge in [-0.05, 0) is 42.5 Å². The third-order valence-corrected chi connectivity index (χ3v) is 9.16. The number of thioether (sulfide) groups is 1. The van der Waals surface area contributed by atoms with Gasteiger partial charge in [0.25, 0.3) is 5.56 Å². The van der Waals surface area contributed by atoms with Crippen LogP contribution in [0.15, 0.2) is 81.6 Å². The van der Waals surface area contributed by atoms with Crippen LogP contribution in [0.5, 0.6) is 5.75 Å². The van der Waals surface area contributed by atoms with Gasteiger partial charge in [0.05, 0.1) is 40.0 Å². The molecule has 0 aliphatic rings. The van der Waals surface area contributed by atoms with Gasteiger partial charge in [0, 0.05) is 13.1 Å². The third-order valence-electron chi connectivity index (χ3n) is 6.21. The standard InChI is InChI=1S/C26H26N6O4S2/c1-4-30(5-2)38(34,35)18-14-15-22-21(16-18)27-26(32(22)23-12-8-9-13-24(23)36-3)37-17-31-25(33)19-10-6-7-11-20(19)28-29-31/h6-16H,4-5,17H2,1-3H3. The fourth-order valence-corrected chi connectivity index (χ4v) is 6.66. The minimum atomic E-state index is -3.67. The highest BCUT2D eigenvalue weighted by molar-refractivity contribution is 7.98. The first-order valence-electron chi connectivity index (χ1n) is 12.0. The van der Waals surface area contributed by atoms with Crippen molar-refractivity contribution in [1.29, 1.82) is 0 Å². The smallest absolute Gasteiger partial charge is 0.278 e. The summed E-state index contributed by atoms with van der Waals surface area (Å²) in [5.41, 5.74) is 2.21. The number of benzene rings is 3. The summed E-state index contributed by atoms with van der Waals surface area (Å²) in [6, 6.07) is 19.5. The number of aromatic nitrogens is 5. The highest BCUT2D eigenvalue weighted by atomic mass is 32.2. The molecule has 0 saturated heterocycles. The minimum Gasteiger partial charge on any atom is -0.495 e. The van der Waals surface area contributed by atoms with E-state index >= 15 is 0 Å². The number of rotatable bonds is 9. The van der Waals surface area contributed by atoms with Crippen molar-refractivity contribution < 1.29 is 13.2 Å². The Kier molecular flexibility index (Phi) is 7.19. The van der Waals surface area contributed by atoms with Crippen LogP contribution >= 0.6 is 11.8 Å². The summed E-state index contributed by atoms with van der Waals surface area (Å²) in [5.74, 6) is 0.774. The Hall–Kier alpha value is -3.74. The molecule has 0 spiro atoms. The van der Waals surface area contributed by atoms with Crippen LogP contribution in [0.2, 0.25) is 0 Å². The molecule has 0 radical (unpaired) electrons. The molecule has 2 heterocycles. The molecular formula is C26H26N6O4S2. The first-order chi connectivity index (χ1) is 18.4. The van der Waals surface area contributed by atoms with Gasteiger partial charge < -0.3 is 4.74 Å². The fraction of sp³-hybridized carbons (Fsp3) is 0.231. The second kappa shape index (κ2) is 10.6. The van der Waals surface area contributed by atoms with E-state index < -0.39 is 10.0 Å². The molecule has 0 aliphatic heterocycles. The summed E-state index contributed by atoms with van der Waals surface area (Å²) in [5, 5.41) is 9.26. The molecule has 196 valence electrons. The van der Waals surface area contributed by atoms with E-state index in [4.69, 9.17) is 9.72 Å². The number of sulfonamides is 1. The van der Waals surface area contributed by atoms with Crippen LogP contribution in [0.3, 0.4) is 0 Å². The number of hydrogen-bond donors (Lipinski definition) is 0. The normalized spacial score (nSPS) is 12.0. The highest BCUT2D eigenvalue weighted by Crippen LogP contribution is 2.34. The summed E-state index contributed by atoms with van der Waals surface area (Å²) in [6.07, 6.45) is 0. The van der Waals surface area contributed by atoms with Gasteiger partial charge in [0.1, 0.15) is 11.3 Å². The summed E-state index contributed by atoms with van der Waals surface area (Å²) >= 11 is 1.29. The molecule has 5 aromatic rings. The van der Waals surface area contributed by atoms with Gasteiger partial charge in [-0.25, -0.2) is 13.4 Å². The summed E-state index contributed by atoms with van der Waals surface area (Å²) in [6.45, 7) is 4.36. The predicted molar refractivity (Wildman–Crippen MR) is 147 cm³/mol. The molecule has 0 fully saturated rings. The van der Waals surface area contributed by atoms with Gasteiger partial charge in [-0.2, -0.15) is 8.99 Å². The maximum atomic E-state index is 13.2. The Balaban J connectivity index is 1.62. The Labute approximate surface area is 223 Å². The van der Waals surface area contributed by atoms with Crippen molar-refractivity contribution in [3.63, 3.8) is 0 Å². The second-order valence-corrected chi connectivity index (χ2v) is 11.2. The van der Waals surface area contributed by atoms with E-state index in [1.807, 2.05) is 42.7 Å². The number of methoxy groups -OCH3 is 1. The zero-order valence-electron chi connectivity index (χ0n) is 21.1. The van der Waals surface area contributed by atoms with Crippen LogP contribution in [0.1, 0.15) is 13.8 Å². The Morgan fingerprint density at radius 3 is 2.47 bits per heavy atom. The molecule has 38 heavy (non-hydrogen) atoms. The quantitative estimate of drug-likeness (QED) is 0.254. The lowest BCUT2D eigenvalue weighted by atomic mass is 10.2. The van der Waals surface area contributed by atoms with Gasteiger partial charge in [-0.15, -0.1) is 5.10 Å². The molecule has 12 heteroatoms. The lowest BCUT2D eigenvalue weighted by Crippen LogP contribution is -2.30. The maximum Gasteiger partial charge on any atom is 0.278 e. The molecule has 3 aromatic carbocycles. The lowest BCUT2D eigenvalue weighted by molar-refractivity contribution is 0.412. The monoisotopic (exact) mass is 550 g/mol. The molecule has 0 atom stereocenters. The molecule has 0 unspecified atom stereocenters. The van der Waals surface area contributed by atoms with Crippen molar-refractivity contribution in [1.82, 2.24) is 28.9 Å². The minimum absolute atomic E-state index is 0.153. The third kappa shape index (κ3) is 4.55. The van der Waals surface area contributed by atoms with Gasteiger partial charge in [0.2, 0.25) is 10.0 Å². The Morgan fingerprint density at radius 1 is 0.974 bits per heavy atom.